The highest BCUT2D eigenvalue weighted by Gasteiger charge is 2.42. The van der Waals surface area contributed by atoms with Crippen molar-refractivity contribution in [2.75, 3.05) is 13.1 Å². The highest BCUT2D eigenvalue weighted by atomic mass is 16.6. The standard InChI is InChI=1S/C21H21NO4/c23-19(13-17-11-12-22-14-18(17)25-21(22)24)26-20(15-7-3-1-4-8-15)16-9-5-2-6-10-16/h1-10,17-18,20H,11-14H2/t17-,18-/m1/s1. The van der Waals surface area contributed by atoms with Crippen LogP contribution in [0.25, 0.3) is 0 Å². The van der Waals surface area contributed by atoms with Crippen molar-refractivity contribution in [2.45, 2.75) is 25.0 Å². The molecule has 2 aromatic carbocycles. The number of nitrogens with zero attached hydrogens (tertiary/aromatic N) is 1. The molecule has 5 nitrogen and oxygen atoms in total. The quantitative estimate of drug-likeness (QED) is 0.773. The number of benzene rings is 2. The Morgan fingerprint density at radius 2 is 1.69 bits per heavy atom. The number of carbonyl (C=O) groups is 2. The summed E-state index contributed by atoms with van der Waals surface area (Å²) in [4.78, 5) is 26.0. The van der Waals surface area contributed by atoms with Gasteiger partial charge in [0.05, 0.1) is 13.0 Å². The largest absolute Gasteiger partial charge is 0.453 e. The molecule has 0 radical (unpaired) electrons. The highest BCUT2D eigenvalue weighted by molar-refractivity contribution is 5.72. The Morgan fingerprint density at radius 1 is 1.08 bits per heavy atom. The smallest absolute Gasteiger partial charge is 0.410 e. The van der Waals surface area contributed by atoms with Crippen LogP contribution in [0.3, 0.4) is 0 Å². The van der Waals surface area contributed by atoms with Crippen molar-refractivity contribution in [1.29, 1.82) is 0 Å². The van der Waals surface area contributed by atoms with Gasteiger partial charge < -0.3 is 14.4 Å². The third-order valence-corrected chi connectivity index (χ3v) is 5.09. The van der Waals surface area contributed by atoms with Gasteiger partial charge in [-0.25, -0.2) is 4.79 Å². The molecule has 2 bridgehead atoms. The molecule has 2 aliphatic rings. The number of esters is 1. The summed E-state index contributed by atoms with van der Waals surface area (Å²) in [7, 11) is 0. The summed E-state index contributed by atoms with van der Waals surface area (Å²) < 4.78 is 11.2. The van der Waals surface area contributed by atoms with Crippen LogP contribution < -0.4 is 0 Å². The van der Waals surface area contributed by atoms with Gasteiger partial charge in [-0.1, -0.05) is 60.7 Å². The first-order valence-electron chi connectivity index (χ1n) is 8.95. The molecule has 2 aliphatic heterocycles. The summed E-state index contributed by atoms with van der Waals surface area (Å²) in [5, 5.41) is 0. The zero-order chi connectivity index (χ0) is 17.9. The lowest BCUT2D eigenvalue weighted by Crippen LogP contribution is -2.37. The molecule has 0 aliphatic carbocycles. The highest BCUT2D eigenvalue weighted by Crippen LogP contribution is 2.32. The van der Waals surface area contributed by atoms with E-state index in [9.17, 15) is 9.59 Å². The minimum atomic E-state index is -0.434. The van der Waals surface area contributed by atoms with Gasteiger partial charge in [-0.3, -0.25) is 4.79 Å². The van der Waals surface area contributed by atoms with Gasteiger partial charge in [-0.2, -0.15) is 0 Å². The Hall–Kier alpha value is -2.82. The molecule has 134 valence electrons. The molecule has 0 N–H and O–H groups in total. The molecule has 2 fully saturated rings. The van der Waals surface area contributed by atoms with Crippen LogP contribution in [0.15, 0.2) is 60.7 Å². The van der Waals surface area contributed by atoms with Gasteiger partial charge in [0.1, 0.15) is 6.10 Å². The first-order valence-corrected chi connectivity index (χ1v) is 8.95. The van der Waals surface area contributed by atoms with Gasteiger partial charge in [0.25, 0.3) is 0 Å². The zero-order valence-electron chi connectivity index (χ0n) is 14.4. The molecule has 0 aromatic heterocycles. The van der Waals surface area contributed by atoms with E-state index < -0.39 is 6.10 Å². The summed E-state index contributed by atoms with van der Waals surface area (Å²) in [6.07, 6.45) is 0.138. The van der Waals surface area contributed by atoms with Crippen molar-refractivity contribution in [2.24, 2.45) is 5.92 Å². The van der Waals surface area contributed by atoms with Crippen LogP contribution in [0, 0.1) is 5.92 Å². The van der Waals surface area contributed by atoms with Crippen molar-refractivity contribution >= 4 is 12.1 Å². The topological polar surface area (TPSA) is 55.8 Å². The zero-order valence-corrected chi connectivity index (χ0v) is 14.4. The van der Waals surface area contributed by atoms with Crippen LogP contribution in [0.1, 0.15) is 30.1 Å². The number of rotatable bonds is 5. The predicted molar refractivity (Wildman–Crippen MR) is 95.4 cm³/mol. The van der Waals surface area contributed by atoms with Gasteiger partial charge in [0.2, 0.25) is 0 Å². The number of fused-ring (bicyclic) bond motifs is 2. The molecule has 4 rings (SSSR count). The molecule has 26 heavy (non-hydrogen) atoms. The average molecular weight is 351 g/mol. The maximum atomic E-state index is 12.6. The summed E-state index contributed by atoms with van der Waals surface area (Å²) in [5.41, 5.74) is 1.88. The maximum absolute atomic E-state index is 12.6. The molecule has 2 aromatic rings. The van der Waals surface area contributed by atoms with Crippen molar-refractivity contribution < 1.29 is 19.1 Å². The van der Waals surface area contributed by atoms with Crippen LogP contribution in [0.2, 0.25) is 0 Å². The molecular formula is C21H21NO4. The second kappa shape index (κ2) is 7.20. The van der Waals surface area contributed by atoms with E-state index in [0.717, 1.165) is 17.5 Å². The predicted octanol–water partition coefficient (Wildman–Crippen LogP) is 3.55. The van der Waals surface area contributed by atoms with Crippen molar-refractivity contribution in [3.63, 3.8) is 0 Å². The van der Waals surface area contributed by atoms with E-state index in [2.05, 4.69) is 0 Å². The molecular weight excluding hydrogens is 330 g/mol. The van der Waals surface area contributed by atoms with E-state index >= 15 is 0 Å². The van der Waals surface area contributed by atoms with Gasteiger partial charge in [0.15, 0.2) is 6.10 Å². The van der Waals surface area contributed by atoms with E-state index in [1.54, 1.807) is 4.90 Å². The van der Waals surface area contributed by atoms with E-state index in [-0.39, 0.29) is 30.5 Å². The molecule has 5 heteroatoms. The molecule has 2 saturated heterocycles. The van der Waals surface area contributed by atoms with Crippen molar-refractivity contribution in [1.82, 2.24) is 4.90 Å². The average Bonchev–Trinajstić information content (AvgIpc) is 2.98. The molecule has 1 amide bonds. The number of carbonyl (C=O) groups excluding carboxylic acids is 2. The van der Waals surface area contributed by atoms with Gasteiger partial charge >= 0.3 is 12.1 Å². The third kappa shape index (κ3) is 3.43. The van der Waals surface area contributed by atoms with E-state index in [0.29, 0.717) is 13.1 Å². The lowest BCUT2D eigenvalue weighted by atomic mass is 9.91. The fourth-order valence-electron chi connectivity index (χ4n) is 3.68. The summed E-state index contributed by atoms with van der Waals surface area (Å²) in [6, 6.07) is 19.5. The fourth-order valence-corrected chi connectivity index (χ4v) is 3.68. The van der Waals surface area contributed by atoms with Crippen molar-refractivity contribution in [3.8, 4) is 0 Å². The number of piperidine rings is 1. The normalized spacial score (nSPS) is 21.6. The Bertz CT molecular complexity index is 738. The molecule has 2 atom stereocenters. The van der Waals surface area contributed by atoms with E-state index in [1.165, 1.54) is 0 Å². The van der Waals surface area contributed by atoms with Crippen LogP contribution in [0.5, 0.6) is 0 Å². The Labute approximate surface area is 152 Å². The van der Waals surface area contributed by atoms with E-state index in [1.807, 2.05) is 60.7 Å². The molecule has 2 heterocycles. The maximum Gasteiger partial charge on any atom is 0.410 e. The Balaban J connectivity index is 1.47. The summed E-state index contributed by atoms with van der Waals surface area (Å²) >= 11 is 0. The first kappa shape index (κ1) is 16.6. The number of ether oxygens (including phenoxy) is 2. The molecule has 0 spiro atoms. The number of hydrogen-bond donors (Lipinski definition) is 0. The SMILES string of the molecule is O=C(C[C@H]1CCN2C[C@H]1OC2=O)OC(c1ccccc1)c1ccccc1. The third-order valence-electron chi connectivity index (χ3n) is 5.09. The molecule has 0 saturated carbocycles. The Morgan fingerprint density at radius 3 is 2.31 bits per heavy atom. The van der Waals surface area contributed by atoms with Crippen LogP contribution in [-0.2, 0) is 14.3 Å². The minimum absolute atomic E-state index is 0.0254. The lowest BCUT2D eigenvalue weighted by molar-refractivity contribution is -0.149. The minimum Gasteiger partial charge on any atom is -0.453 e. The van der Waals surface area contributed by atoms with Crippen LogP contribution in [0.4, 0.5) is 4.79 Å². The fraction of sp³-hybridized carbons (Fsp3) is 0.333. The second-order valence-corrected chi connectivity index (χ2v) is 6.81. The monoisotopic (exact) mass is 351 g/mol. The van der Waals surface area contributed by atoms with E-state index in [4.69, 9.17) is 9.47 Å². The first-order chi connectivity index (χ1) is 12.7. The summed E-state index contributed by atoms with van der Waals surface area (Å²) in [5.74, 6) is -0.235. The van der Waals surface area contributed by atoms with Crippen molar-refractivity contribution in [3.05, 3.63) is 71.8 Å². The molecule has 0 unspecified atom stereocenters. The number of amides is 1. The summed E-state index contributed by atoms with van der Waals surface area (Å²) in [6.45, 7) is 1.23. The van der Waals surface area contributed by atoms with Crippen LogP contribution >= 0.6 is 0 Å². The number of hydrogen-bond acceptors (Lipinski definition) is 4. The second-order valence-electron chi connectivity index (χ2n) is 6.81. The van der Waals surface area contributed by atoms with Gasteiger partial charge in [0, 0.05) is 12.5 Å². The Kier molecular flexibility index (Phi) is 4.61. The lowest BCUT2D eigenvalue weighted by Gasteiger charge is -2.27. The van der Waals surface area contributed by atoms with Crippen LogP contribution in [-0.4, -0.2) is 36.2 Å². The van der Waals surface area contributed by atoms with Gasteiger partial charge in [-0.15, -0.1) is 0 Å². The van der Waals surface area contributed by atoms with Gasteiger partial charge in [-0.05, 0) is 17.5 Å².